The smallest absolute Gasteiger partial charge is 0.00754 e. The molecule has 0 radical (unpaired) electrons. The summed E-state index contributed by atoms with van der Waals surface area (Å²) >= 11 is 0. The van der Waals surface area contributed by atoms with Crippen LogP contribution in [0.25, 0.3) is 11.1 Å². The Labute approximate surface area is 130 Å². The Balaban J connectivity index is 2.27. The van der Waals surface area contributed by atoms with E-state index in [9.17, 15) is 0 Å². The van der Waals surface area contributed by atoms with Crippen LogP contribution in [0.1, 0.15) is 51.7 Å². The molecule has 0 aromatic heterocycles. The van der Waals surface area contributed by atoms with Gasteiger partial charge in [0, 0.05) is 0 Å². The van der Waals surface area contributed by atoms with E-state index in [-0.39, 0.29) is 0 Å². The second kappa shape index (κ2) is 6.47. The average Bonchev–Trinajstić information content (AvgIpc) is 2.47. The molecule has 0 amide bonds. The summed E-state index contributed by atoms with van der Waals surface area (Å²) in [4.78, 5) is 0. The minimum atomic E-state index is 0.292. The summed E-state index contributed by atoms with van der Waals surface area (Å²) in [5, 5.41) is 0. The van der Waals surface area contributed by atoms with Crippen molar-refractivity contribution in [3.05, 3.63) is 59.7 Å². The lowest BCUT2D eigenvalue weighted by molar-refractivity contribution is 0.357. The van der Waals surface area contributed by atoms with Crippen molar-refractivity contribution in [1.29, 1.82) is 0 Å². The first-order valence-electron chi connectivity index (χ1n) is 8.12. The van der Waals surface area contributed by atoms with Gasteiger partial charge in [-0.1, -0.05) is 81.8 Å². The van der Waals surface area contributed by atoms with Crippen molar-refractivity contribution in [2.24, 2.45) is 5.92 Å². The van der Waals surface area contributed by atoms with Crippen molar-refractivity contribution in [2.75, 3.05) is 0 Å². The summed E-state index contributed by atoms with van der Waals surface area (Å²) in [5.74, 6) is 0.728. The second-order valence-corrected chi connectivity index (χ2v) is 6.96. The van der Waals surface area contributed by atoms with Crippen LogP contribution in [0, 0.1) is 12.8 Å². The zero-order valence-corrected chi connectivity index (χ0v) is 14.1. The van der Waals surface area contributed by atoms with E-state index in [0.29, 0.717) is 5.41 Å². The Morgan fingerprint density at radius 3 is 1.76 bits per heavy atom. The summed E-state index contributed by atoms with van der Waals surface area (Å²) in [6, 6.07) is 18.0. The van der Waals surface area contributed by atoms with Crippen LogP contribution in [-0.4, -0.2) is 0 Å². The highest BCUT2D eigenvalue weighted by Gasteiger charge is 2.25. The molecule has 1 atom stereocenters. The van der Waals surface area contributed by atoms with Crippen molar-refractivity contribution >= 4 is 0 Å². The molecule has 0 fully saturated rings. The lowest BCUT2D eigenvalue weighted by Gasteiger charge is -2.31. The molecule has 0 aliphatic heterocycles. The monoisotopic (exact) mass is 280 g/mol. The zero-order valence-electron chi connectivity index (χ0n) is 14.1. The van der Waals surface area contributed by atoms with Crippen LogP contribution >= 0.6 is 0 Å². The molecule has 0 aliphatic rings. The van der Waals surface area contributed by atoms with Gasteiger partial charge in [0.05, 0.1) is 0 Å². The Hall–Kier alpha value is -1.56. The average molecular weight is 280 g/mol. The molecule has 0 aliphatic carbocycles. The largest absolute Gasteiger partial charge is 0.0645 e. The van der Waals surface area contributed by atoms with Gasteiger partial charge in [-0.2, -0.15) is 0 Å². The molecule has 0 heteroatoms. The molecule has 1 unspecified atom stereocenters. The van der Waals surface area contributed by atoms with Crippen molar-refractivity contribution in [3.63, 3.8) is 0 Å². The Morgan fingerprint density at radius 2 is 1.33 bits per heavy atom. The van der Waals surface area contributed by atoms with Crippen molar-refractivity contribution in [3.8, 4) is 11.1 Å². The third kappa shape index (κ3) is 3.75. The van der Waals surface area contributed by atoms with Crippen LogP contribution in [0.4, 0.5) is 0 Å². The summed E-state index contributed by atoms with van der Waals surface area (Å²) in [6.07, 6.45) is 2.43. The molecule has 0 saturated carbocycles. The number of hydrogen-bond acceptors (Lipinski definition) is 0. The quantitative estimate of drug-likeness (QED) is 0.596. The van der Waals surface area contributed by atoms with E-state index in [1.165, 1.54) is 35.1 Å². The molecule has 0 N–H and O–H groups in total. The topological polar surface area (TPSA) is 0 Å². The normalized spacial score (nSPS) is 14.2. The first-order chi connectivity index (χ1) is 9.94. The highest BCUT2D eigenvalue weighted by molar-refractivity contribution is 5.64. The SMILES string of the molecule is CCC(C)(CC(C)C)c1ccc(-c2ccc(C)cc2)cc1. The predicted octanol–water partition coefficient (Wildman–Crippen LogP) is 6.38. The molecule has 2 aromatic rings. The minimum absolute atomic E-state index is 0.292. The molecule has 21 heavy (non-hydrogen) atoms. The standard InChI is InChI=1S/C21H28/c1-6-21(5,15-16(2)3)20-13-11-19(12-14-20)18-9-7-17(4)8-10-18/h7-14,16H,6,15H2,1-5H3. The van der Waals surface area contributed by atoms with E-state index in [1.807, 2.05) is 0 Å². The van der Waals surface area contributed by atoms with E-state index in [4.69, 9.17) is 0 Å². The fraction of sp³-hybridized carbons (Fsp3) is 0.429. The number of aryl methyl sites for hydroxylation is 1. The van der Waals surface area contributed by atoms with Gasteiger partial charge in [0.25, 0.3) is 0 Å². The molecule has 112 valence electrons. The first-order valence-corrected chi connectivity index (χ1v) is 8.12. The van der Waals surface area contributed by atoms with Gasteiger partial charge in [0.1, 0.15) is 0 Å². The third-order valence-corrected chi connectivity index (χ3v) is 4.61. The van der Waals surface area contributed by atoms with Crippen LogP contribution in [-0.2, 0) is 5.41 Å². The van der Waals surface area contributed by atoms with Gasteiger partial charge in [-0.15, -0.1) is 0 Å². The van der Waals surface area contributed by atoms with Crippen LogP contribution in [0.5, 0.6) is 0 Å². The van der Waals surface area contributed by atoms with Gasteiger partial charge in [0.15, 0.2) is 0 Å². The maximum absolute atomic E-state index is 2.40. The van der Waals surface area contributed by atoms with Crippen LogP contribution in [0.2, 0.25) is 0 Å². The number of rotatable bonds is 5. The molecule has 0 saturated heterocycles. The van der Waals surface area contributed by atoms with Gasteiger partial charge >= 0.3 is 0 Å². The fourth-order valence-electron chi connectivity index (χ4n) is 3.18. The van der Waals surface area contributed by atoms with Gasteiger partial charge in [-0.05, 0) is 47.8 Å². The molecular weight excluding hydrogens is 252 g/mol. The number of benzene rings is 2. The van der Waals surface area contributed by atoms with Crippen LogP contribution in [0.15, 0.2) is 48.5 Å². The highest BCUT2D eigenvalue weighted by atomic mass is 14.3. The molecular formula is C21H28. The zero-order chi connectivity index (χ0) is 15.5. The molecule has 0 nitrogen and oxygen atoms in total. The number of hydrogen-bond donors (Lipinski definition) is 0. The van der Waals surface area contributed by atoms with Gasteiger partial charge in [-0.3, -0.25) is 0 Å². The van der Waals surface area contributed by atoms with E-state index < -0.39 is 0 Å². The molecule has 0 bridgehead atoms. The fourth-order valence-corrected chi connectivity index (χ4v) is 3.18. The molecule has 0 spiro atoms. The summed E-state index contributed by atoms with van der Waals surface area (Å²) in [5.41, 5.74) is 5.68. The van der Waals surface area contributed by atoms with Gasteiger partial charge in [0.2, 0.25) is 0 Å². The lowest BCUT2D eigenvalue weighted by atomic mass is 9.74. The van der Waals surface area contributed by atoms with Gasteiger partial charge < -0.3 is 0 Å². The molecule has 2 aromatic carbocycles. The van der Waals surface area contributed by atoms with E-state index >= 15 is 0 Å². The first kappa shape index (κ1) is 15.8. The van der Waals surface area contributed by atoms with Crippen LogP contribution in [0.3, 0.4) is 0 Å². The van der Waals surface area contributed by atoms with Gasteiger partial charge in [-0.25, -0.2) is 0 Å². The maximum atomic E-state index is 2.40. The van der Waals surface area contributed by atoms with Crippen molar-refractivity contribution in [2.45, 2.75) is 52.9 Å². The van der Waals surface area contributed by atoms with E-state index in [2.05, 4.69) is 83.1 Å². The summed E-state index contributed by atoms with van der Waals surface area (Å²) in [7, 11) is 0. The predicted molar refractivity (Wildman–Crippen MR) is 93.7 cm³/mol. The Kier molecular flexibility index (Phi) is 4.88. The third-order valence-electron chi connectivity index (χ3n) is 4.61. The van der Waals surface area contributed by atoms with E-state index in [0.717, 1.165) is 5.92 Å². The maximum Gasteiger partial charge on any atom is -0.00754 e. The highest BCUT2D eigenvalue weighted by Crippen LogP contribution is 2.35. The molecule has 0 heterocycles. The summed E-state index contributed by atoms with van der Waals surface area (Å²) in [6.45, 7) is 11.5. The van der Waals surface area contributed by atoms with Crippen LogP contribution < -0.4 is 0 Å². The Bertz CT molecular complexity index is 560. The van der Waals surface area contributed by atoms with E-state index in [1.54, 1.807) is 0 Å². The summed E-state index contributed by atoms with van der Waals surface area (Å²) < 4.78 is 0. The lowest BCUT2D eigenvalue weighted by Crippen LogP contribution is -2.23. The Morgan fingerprint density at radius 1 is 0.857 bits per heavy atom. The second-order valence-electron chi connectivity index (χ2n) is 6.96. The van der Waals surface area contributed by atoms with Crippen molar-refractivity contribution < 1.29 is 0 Å². The van der Waals surface area contributed by atoms with Crippen molar-refractivity contribution in [1.82, 2.24) is 0 Å². The molecule has 2 rings (SSSR count). The minimum Gasteiger partial charge on any atom is -0.0645 e.